The highest BCUT2D eigenvalue weighted by Crippen LogP contribution is 2.38. The summed E-state index contributed by atoms with van der Waals surface area (Å²) in [6.45, 7) is 4.15. The van der Waals surface area contributed by atoms with Crippen molar-refractivity contribution in [2.24, 2.45) is 11.8 Å². The number of hydrogen-bond donors (Lipinski definition) is 1. The smallest absolute Gasteiger partial charge is 0.220 e. The zero-order chi connectivity index (χ0) is 16.3. The second kappa shape index (κ2) is 7.00. The number of carbonyl (C=O) groups excluding carboxylic acids is 1. The SMILES string of the molecule is CC(CC(=O)NCC1(c2ccc(F)cc2)CCOCC1)C1CC1. The maximum atomic E-state index is 13.2. The van der Waals surface area contributed by atoms with Gasteiger partial charge < -0.3 is 10.1 Å². The minimum Gasteiger partial charge on any atom is -0.381 e. The number of halogens is 1. The summed E-state index contributed by atoms with van der Waals surface area (Å²) in [4.78, 5) is 12.3. The van der Waals surface area contributed by atoms with Gasteiger partial charge in [0.25, 0.3) is 0 Å². The van der Waals surface area contributed by atoms with Crippen LogP contribution in [0.5, 0.6) is 0 Å². The Balaban J connectivity index is 1.64. The van der Waals surface area contributed by atoms with Crippen LogP contribution in [0, 0.1) is 17.7 Å². The number of hydrogen-bond acceptors (Lipinski definition) is 2. The quantitative estimate of drug-likeness (QED) is 0.872. The number of nitrogens with one attached hydrogen (secondary N) is 1. The Bertz CT molecular complexity index is 533. The zero-order valence-electron chi connectivity index (χ0n) is 13.8. The standard InChI is InChI=1S/C19H26FNO2/c1-14(15-2-3-15)12-18(22)21-13-19(8-10-23-11-9-19)16-4-6-17(20)7-5-16/h4-7,14-15H,2-3,8-13H2,1H3,(H,21,22). The third-order valence-electron chi connectivity index (χ3n) is 5.46. The summed E-state index contributed by atoms with van der Waals surface area (Å²) >= 11 is 0. The molecule has 1 saturated carbocycles. The molecule has 1 atom stereocenters. The van der Waals surface area contributed by atoms with E-state index in [9.17, 15) is 9.18 Å². The van der Waals surface area contributed by atoms with Gasteiger partial charge in [0.05, 0.1) is 0 Å². The highest BCUT2D eigenvalue weighted by atomic mass is 19.1. The maximum absolute atomic E-state index is 13.2. The fraction of sp³-hybridized carbons (Fsp3) is 0.632. The van der Waals surface area contributed by atoms with Crippen LogP contribution in [-0.2, 0) is 14.9 Å². The van der Waals surface area contributed by atoms with Gasteiger partial charge in [0.1, 0.15) is 5.82 Å². The lowest BCUT2D eigenvalue weighted by Crippen LogP contribution is -2.44. The Hall–Kier alpha value is -1.42. The van der Waals surface area contributed by atoms with Crippen LogP contribution < -0.4 is 5.32 Å². The lowest BCUT2D eigenvalue weighted by Gasteiger charge is -2.38. The second-order valence-electron chi connectivity index (χ2n) is 7.20. The summed E-state index contributed by atoms with van der Waals surface area (Å²) in [7, 11) is 0. The van der Waals surface area contributed by atoms with E-state index in [1.165, 1.54) is 25.0 Å². The van der Waals surface area contributed by atoms with Gasteiger partial charge in [-0.1, -0.05) is 19.1 Å². The molecule has 1 aliphatic carbocycles. The predicted molar refractivity (Wildman–Crippen MR) is 87.6 cm³/mol. The Labute approximate surface area is 137 Å². The van der Waals surface area contributed by atoms with Gasteiger partial charge in [0.2, 0.25) is 5.91 Å². The van der Waals surface area contributed by atoms with E-state index in [1.807, 2.05) is 12.1 Å². The molecule has 0 bridgehead atoms. The van der Waals surface area contributed by atoms with Gasteiger partial charge >= 0.3 is 0 Å². The zero-order valence-corrected chi connectivity index (χ0v) is 13.8. The van der Waals surface area contributed by atoms with Crippen molar-refractivity contribution >= 4 is 5.91 Å². The van der Waals surface area contributed by atoms with Crippen LogP contribution in [0.4, 0.5) is 4.39 Å². The van der Waals surface area contributed by atoms with Gasteiger partial charge in [0, 0.05) is 31.6 Å². The molecule has 1 heterocycles. The van der Waals surface area contributed by atoms with Crippen LogP contribution >= 0.6 is 0 Å². The lowest BCUT2D eigenvalue weighted by molar-refractivity contribution is -0.122. The van der Waals surface area contributed by atoms with E-state index < -0.39 is 0 Å². The number of benzene rings is 1. The van der Waals surface area contributed by atoms with Crippen molar-refractivity contribution in [3.63, 3.8) is 0 Å². The second-order valence-corrected chi connectivity index (χ2v) is 7.20. The molecule has 0 spiro atoms. The van der Waals surface area contributed by atoms with Crippen LogP contribution in [0.25, 0.3) is 0 Å². The normalized spacial score (nSPS) is 21.7. The van der Waals surface area contributed by atoms with Crippen LogP contribution in [0.2, 0.25) is 0 Å². The summed E-state index contributed by atoms with van der Waals surface area (Å²) in [5.74, 6) is 1.14. The highest BCUT2D eigenvalue weighted by Gasteiger charge is 2.35. The van der Waals surface area contributed by atoms with E-state index in [2.05, 4.69) is 12.2 Å². The summed E-state index contributed by atoms with van der Waals surface area (Å²) in [5, 5.41) is 3.13. The molecule has 2 fully saturated rings. The third-order valence-corrected chi connectivity index (χ3v) is 5.46. The van der Waals surface area contributed by atoms with Crippen LogP contribution in [0.15, 0.2) is 24.3 Å². The fourth-order valence-corrected chi connectivity index (χ4v) is 3.60. The molecule has 0 aromatic heterocycles. The van der Waals surface area contributed by atoms with E-state index in [0.29, 0.717) is 32.1 Å². The minimum absolute atomic E-state index is 0.134. The molecule has 1 amide bonds. The average molecular weight is 319 g/mol. The molecule has 23 heavy (non-hydrogen) atoms. The van der Waals surface area contributed by atoms with Crippen molar-refractivity contribution in [2.45, 2.75) is 44.4 Å². The maximum Gasteiger partial charge on any atom is 0.220 e. The van der Waals surface area contributed by atoms with Crippen LogP contribution in [0.3, 0.4) is 0 Å². The first-order chi connectivity index (χ1) is 11.1. The van der Waals surface area contributed by atoms with Gasteiger partial charge in [-0.3, -0.25) is 4.79 Å². The van der Waals surface area contributed by atoms with Crippen molar-refractivity contribution in [1.82, 2.24) is 5.32 Å². The number of rotatable bonds is 6. The van der Waals surface area contributed by atoms with E-state index in [4.69, 9.17) is 4.74 Å². The van der Waals surface area contributed by atoms with Crippen molar-refractivity contribution in [2.75, 3.05) is 19.8 Å². The molecule has 0 radical (unpaired) electrons. The molecule has 1 aromatic rings. The number of ether oxygens (including phenoxy) is 1. The van der Waals surface area contributed by atoms with Gasteiger partial charge in [-0.15, -0.1) is 0 Å². The summed E-state index contributed by atoms with van der Waals surface area (Å²) < 4.78 is 18.7. The molecule has 3 nitrogen and oxygen atoms in total. The van der Waals surface area contributed by atoms with E-state index in [-0.39, 0.29) is 17.1 Å². The molecular weight excluding hydrogens is 293 g/mol. The van der Waals surface area contributed by atoms with Gasteiger partial charge in [-0.2, -0.15) is 0 Å². The number of amides is 1. The lowest BCUT2D eigenvalue weighted by atomic mass is 9.74. The fourth-order valence-electron chi connectivity index (χ4n) is 3.60. The molecule has 2 aliphatic rings. The van der Waals surface area contributed by atoms with Crippen molar-refractivity contribution in [3.05, 3.63) is 35.6 Å². The van der Waals surface area contributed by atoms with Gasteiger partial charge in [-0.25, -0.2) is 4.39 Å². The first kappa shape index (κ1) is 16.4. The van der Waals surface area contributed by atoms with Crippen molar-refractivity contribution in [3.8, 4) is 0 Å². The van der Waals surface area contributed by atoms with E-state index in [0.717, 1.165) is 24.3 Å². The largest absolute Gasteiger partial charge is 0.381 e. The van der Waals surface area contributed by atoms with Crippen molar-refractivity contribution in [1.29, 1.82) is 0 Å². The highest BCUT2D eigenvalue weighted by molar-refractivity contribution is 5.76. The molecule has 1 saturated heterocycles. The van der Waals surface area contributed by atoms with Crippen molar-refractivity contribution < 1.29 is 13.9 Å². The first-order valence-electron chi connectivity index (χ1n) is 8.70. The Morgan fingerprint density at radius 1 is 1.30 bits per heavy atom. The predicted octanol–water partition coefficient (Wildman–Crippen LogP) is 3.43. The average Bonchev–Trinajstić information content (AvgIpc) is 3.39. The topological polar surface area (TPSA) is 38.3 Å². The van der Waals surface area contributed by atoms with Crippen LogP contribution in [-0.4, -0.2) is 25.7 Å². The third kappa shape index (κ3) is 4.11. The summed E-state index contributed by atoms with van der Waals surface area (Å²) in [6, 6.07) is 6.70. The Kier molecular flexibility index (Phi) is 5.00. The minimum atomic E-state index is -0.224. The molecule has 1 aliphatic heterocycles. The molecule has 126 valence electrons. The molecule has 3 rings (SSSR count). The molecule has 1 unspecified atom stereocenters. The van der Waals surface area contributed by atoms with E-state index >= 15 is 0 Å². The van der Waals surface area contributed by atoms with Crippen LogP contribution in [0.1, 0.15) is 44.6 Å². The molecule has 4 heteroatoms. The summed E-state index contributed by atoms with van der Waals surface area (Å²) in [6.07, 6.45) is 4.87. The Morgan fingerprint density at radius 2 is 1.96 bits per heavy atom. The molecule has 1 N–H and O–H groups in total. The van der Waals surface area contributed by atoms with Gasteiger partial charge in [0.15, 0.2) is 0 Å². The van der Waals surface area contributed by atoms with Gasteiger partial charge in [-0.05, 0) is 55.2 Å². The monoisotopic (exact) mass is 319 g/mol. The van der Waals surface area contributed by atoms with E-state index in [1.54, 1.807) is 0 Å². The summed E-state index contributed by atoms with van der Waals surface area (Å²) in [5.41, 5.74) is 0.961. The first-order valence-corrected chi connectivity index (χ1v) is 8.70. The molecular formula is C19H26FNO2. The number of carbonyl (C=O) groups is 1. The molecule has 1 aromatic carbocycles. The Morgan fingerprint density at radius 3 is 2.57 bits per heavy atom.